The maximum absolute atomic E-state index is 13.7. The summed E-state index contributed by atoms with van der Waals surface area (Å²) in [5.74, 6) is 4.45. The van der Waals surface area contributed by atoms with E-state index in [1.165, 1.54) is 17.7 Å². The van der Waals surface area contributed by atoms with Gasteiger partial charge in [0.15, 0.2) is 0 Å². The molecule has 2 aromatic rings. The van der Waals surface area contributed by atoms with Crippen LogP contribution in [0.4, 0.5) is 8.78 Å². The highest BCUT2D eigenvalue weighted by Gasteiger charge is 2.13. The first-order chi connectivity index (χ1) is 9.60. The number of hydrogen-bond acceptors (Lipinski definition) is 2. The summed E-state index contributed by atoms with van der Waals surface area (Å²) in [5, 5.41) is 0. The van der Waals surface area contributed by atoms with E-state index in [1.54, 1.807) is 0 Å². The van der Waals surface area contributed by atoms with Gasteiger partial charge >= 0.3 is 0 Å². The van der Waals surface area contributed by atoms with Crippen LogP contribution in [0, 0.1) is 18.6 Å². The molecule has 0 amide bonds. The number of aryl methyl sites for hydroxylation is 1. The Morgan fingerprint density at radius 1 is 1.05 bits per heavy atom. The highest BCUT2D eigenvalue weighted by atomic mass is 19.1. The monoisotopic (exact) mass is 276 g/mol. The third-order valence-corrected chi connectivity index (χ3v) is 3.44. The Morgan fingerprint density at radius 2 is 1.75 bits per heavy atom. The summed E-state index contributed by atoms with van der Waals surface area (Å²) in [4.78, 5) is 0. The highest BCUT2D eigenvalue weighted by Crippen LogP contribution is 2.15. The van der Waals surface area contributed by atoms with E-state index in [0.717, 1.165) is 11.6 Å². The van der Waals surface area contributed by atoms with Crippen molar-refractivity contribution in [1.29, 1.82) is 0 Å². The molecular weight excluding hydrogens is 258 g/mol. The fraction of sp³-hybridized carbons (Fsp3) is 0.250. The van der Waals surface area contributed by atoms with Crippen molar-refractivity contribution in [2.24, 2.45) is 5.84 Å². The van der Waals surface area contributed by atoms with Gasteiger partial charge in [0.25, 0.3) is 0 Å². The van der Waals surface area contributed by atoms with Gasteiger partial charge in [-0.1, -0.05) is 30.3 Å². The van der Waals surface area contributed by atoms with Gasteiger partial charge in [-0.05, 0) is 42.5 Å². The average molecular weight is 276 g/mol. The van der Waals surface area contributed by atoms with Gasteiger partial charge in [-0.15, -0.1) is 0 Å². The fourth-order valence-corrected chi connectivity index (χ4v) is 2.25. The number of nitrogens with one attached hydrogen (secondary N) is 1. The summed E-state index contributed by atoms with van der Waals surface area (Å²) >= 11 is 0. The molecule has 0 bridgehead atoms. The van der Waals surface area contributed by atoms with Crippen LogP contribution in [0.2, 0.25) is 0 Å². The molecule has 0 saturated carbocycles. The number of halogens is 2. The fourth-order valence-electron chi connectivity index (χ4n) is 2.25. The third-order valence-electron chi connectivity index (χ3n) is 3.44. The van der Waals surface area contributed by atoms with Crippen LogP contribution < -0.4 is 11.3 Å². The van der Waals surface area contributed by atoms with E-state index in [0.29, 0.717) is 18.4 Å². The molecule has 0 fully saturated rings. The van der Waals surface area contributed by atoms with E-state index < -0.39 is 11.6 Å². The smallest absolute Gasteiger partial charge is 0.129 e. The van der Waals surface area contributed by atoms with Crippen LogP contribution in [0.15, 0.2) is 42.5 Å². The molecule has 4 heteroatoms. The van der Waals surface area contributed by atoms with E-state index >= 15 is 0 Å². The van der Waals surface area contributed by atoms with E-state index in [9.17, 15) is 8.78 Å². The van der Waals surface area contributed by atoms with E-state index in [2.05, 4.69) is 5.43 Å². The number of rotatable bonds is 5. The van der Waals surface area contributed by atoms with Crippen molar-refractivity contribution in [3.63, 3.8) is 0 Å². The van der Waals surface area contributed by atoms with Gasteiger partial charge in [0.1, 0.15) is 11.6 Å². The number of nitrogens with two attached hydrogens (primary N) is 1. The third kappa shape index (κ3) is 3.62. The molecule has 20 heavy (non-hydrogen) atoms. The zero-order chi connectivity index (χ0) is 14.5. The molecule has 0 radical (unpaired) electrons. The van der Waals surface area contributed by atoms with Crippen molar-refractivity contribution in [2.75, 3.05) is 0 Å². The van der Waals surface area contributed by atoms with Crippen LogP contribution in [-0.4, -0.2) is 6.04 Å². The van der Waals surface area contributed by atoms with Crippen LogP contribution >= 0.6 is 0 Å². The lowest BCUT2D eigenvalue weighted by atomic mass is 9.96. The van der Waals surface area contributed by atoms with Gasteiger partial charge in [-0.25, -0.2) is 8.78 Å². The second-order valence-electron chi connectivity index (χ2n) is 4.93. The van der Waals surface area contributed by atoms with E-state index in [4.69, 9.17) is 5.84 Å². The van der Waals surface area contributed by atoms with Crippen molar-refractivity contribution in [2.45, 2.75) is 25.8 Å². The lowest BCUT2D eigenvalue weighted by Crippen LogP contribution is -2.38. The highest BCUT2D eigenvalue weighted by molar-refractivity contribution is 5.27. The van der Waals surface area contributed by atoms with Crippen LogP contribution in [0.1, 0.15) is 16.7 Å². The minimum atomic E-state index is -0.567. The quantitative estimate of drug-likeness (QED) is 0.651. The topological polar surface area (TPSA) is 38.0 Å². The molecule has 0 heterocycles. The van der Waals surface area contributed by atoms with Crippen LogP contribution in [0.25, 0.3) is 0 Å². The van der Waals surface area contributed by atoms with Gasteiger partial charge in [-0.3, -0.25) is 11.3 Å². The summed E-state index contributed by atoms with van der Waals surface area (Å²) in [6.45, 7) is 2.03. The normalized spacial score (nSPS) is 12.4. The van der Waals surface area contributed by atoms with Gasteiger partial charge in [0.05, 0.1) is 0 Å². The van der Waals surface area contributed by atoms with Gasteiger partial charge in [-0.2, -0.15) is 0 Å². The molecule has 0 aliphatic heterocycles. The molecule has 2 rings (SSSR count). The van der Waals surface area contributed by atoms with Crippen molar-refractivity contribution >= 4 is 0 Å². The summed E-state index contributed by atoms with van der Waals surface area (Å²) < 4.78 is 26.5. The van der Waals surface area contributed by atoms with E-state index in [1.807, 2.05) is 31.2 Å². The molecule has 0 aliphatic carbocycles. The molecule has 2 nitrogen and oxygen atoms in total. The Kier molecular flexibility index (Phi) is 4.82. The zero-order valence-electron chi connectivity index (χ0n) is 11.4. The van der Waals surface area contributed by atoms with Gasteiger partial charge in [0.2, 0.25) is 0 Å². The van der Waals surface area contributed by atoms with Crippen molar-refractivity contribution in [1.82, 2.24) is 5.43 Å². The molecular formula is C16H18F2N2. The van der Waals surface area contributed by atoms with Crippen molar-refractivity contribution in [3.05, 3.63) is 70.8 Å². The zero-order valence-corrected chi connectivity index (χ0v) is 11.4. The molecule has 106 valence electrons. The van der Waals surface area contributed by atoms with E-state index in [-0.39, 0.29) is 6.04 Å². The second-order valence-corrected chi connectivity index (χ2v) is 4.93. The lowest BCUT2D eigenvalue weighted by Gasteiger charge is -2.17. The summed E-state index contributed by atoms with van der Waals surface area (Å²) in [7, 11) is 0. The molecule has 1 atom stereocenters. The van der Waals surface area contributed by atoms with Crippen LogP contribution in [-0.2, 0) is 12.8 Å². The Hall–Kier alpha value is -1.78. The Labute approximate surface area is 117 Å². The summed E-state index contributed by atoms with van der Waals surface area (Å²) in [6.07, 6.45) is 1.11. The first-order valence-corrected chi connectivity index (χ1v) is 6.54. The Balaban J connectivity index is 2.11. The molecule has 0 saturated heterocycles. The molecule has 2 aromatic carbocycles. The number of hydrogen-bond donors (Lipinski definition) is 2. The van der Waals surface area contributed by atoms with Crippen molar-refractivity contribution in [3.8, 4) is 0 Å². The SMILES string of the molecule is Cc1ccccc1CC(Cc1ccc(F)cc1F)NN. The first kappa shape index (κ1) is 14.6. The maximum atomic E-state index is 13.7. The second kappa shape index (κ2) is 6.59. The molecule has 1 unspecified atom stereocenters. The van der Waals surface area contributed by atoms with Gasteiger partial charge < -0.3 is 0 Å². The molecule has 3 N–H and O–H groups in total. The standard InChI is InChI=1S/C16H18F2N2/c1-11-4-2-3-5-12(11)8-15(20-19)9-13-6-7-14(17)10-16(13)18/h2-7,10,15,20H,8-9,19H2,1H3. The lowest BCUT2D eigenvalue weighted by molar-refractivity contribution is 0.501. The Bertz CT molecular complexity index is 584. The average Bonchev–Trinajstić information content (AvgIpc) is 2.43. The predicted molar refractivity (Wildman–Crippen MR) is 76.1 cm³/mol. The number of benzene rings is 2. The summed E-state index contributed by atoms with van der Waals surface area (Å²) in [6, 6.07) is 11.5. The van der Waals surface area contributed by atoms with Crippen molar-refractivity contribution < 1.29 is 8.78 Å². The Morgan fingerprint density at radius 3 is 2.40 bits per heavy atom. The van der Waals surface area contributed by atoms with Crippen LogP contribution in [0.3, 0.4) is 0 Å². The minimum absolute atomic E-state index is 0.101. The predicted octanol–water partition coefficient (Wildman–Crippen LogP) is 2.89. The van der Waals surface area contributed by atoms with Crippen LogP contribution in [0.5, 0.6) is 0 Å². The summed E-state index contributed by atoms with van der Waals surface area (Å²) in [5.41, 5.74) is 5.51. The largest absolute Gasteiger partial charge is 0.271 e. The maximum Gasteiger partial charge on any atom is 0.129 e. The molecule has 0 aliphatic rings. The number of hydrazine groups is 1. The van der Waals surface area contributed by atoms with Gasteiger partial charge in [0, 0.05) is 12.1 Å². The molecule has 0 spiro atoms. The first-order valence-electron chi connectivity index (χ1n) is 6.54. The molecule has 0 aromatic heterocycles. The minimum Gasteiger partial charge on any atom is -0.271 e.